The lowest BCUT2D eigenvalue weighted by Gasteiger charge is -2.28. The van der Waals surface area contributed by atoms with E-state index in [2.05, 4.69) is 35.4 Å². The third-order valence-corrected chi connectivity index (χ3v) is 3.97. The van der Waals surface area contributed by atoms with Crippen LogP contribution in [0.5, 0.6) is 0 Å². The highest BCUT2D eigenvalue weighted by Crippen LogP contribution is 2.26. The molecule has 0 aromatic carbocycles. The first-order chi connectivity index (χ1) is 8.63. The molecule has 18 heavy (non-hydrogen) atoms. The van der Waals surface area contributed by atoms with Crippen LogP contribution in [0.25, 0.3) is 0 Å². The molecule has 5 heteroatoms. The van der Waals surface area contributed by atoms with Crippen molar-refractivity contribution >= 4 is 29.2 Å². The second-order valence-electron chi connectivity index (χ2n) is 4.31. The first kappa shape index (κ1) is 15.6. The average molecular weight is 288 g/mol. The predicted octanol–water partition coefficient (Wildman–Crippen LogP) is 3.03. The van der Waals surface area contributed by atoms with Crippen molar-refractivity contribution in [3.63, 3.8) is 0 Å². The zero-order valence-electron chi connectivity index (χ0n) is 11.5. The number of thioether (sulfide) groups is 1. The molecule has 0 amide bonds. The van der Waals surface area contributed by atoms with Crippen molar-refractivity contribution in [2.45, 2.75) is 25.9 Å². The van der Waals surface area contributed by atoms with E-state index in [0.717, 1.165) is 35.1 Å². The van der Waals surface area contributed by atoms with E-state index in [-0.39, 0.29) is 0 Å². The van der Waals surface area contributed by atoms with Gasteiger partial charge in [0.05, 0.1) is 5.02 Å². The quantitative estimate of drug-likeness (QED) is 0.834. The summed E-state index contributed by atoms with van der Waals surface area (Å²) in [6.45, 7) is 2.99. The Kier molecular flexibility index (Phi) is 6.82. The minimum absolute atomic E-state index is 0.472. The zero-order chi connectivity index (χ0) is 13.5. The largest absolute Gasteiger partial charge is 0.355 e. The number of aromatic nitrogens is 1. The molecule has 1 rings (SSSR count). The van der Waals surface area contributed by atoms with Gasteiger partial charge in [0.15, 0.2) is 0 Å². The van der Waals surface area contributed by atoms with Gasteiger partial charge in [-0.2, -0.15) is 11.8 Å². The standard InChI is InChI=1S/C13H22ClN3S/c1-5-11(9-18-4)17(3)13-12(14)6-10(7-15-2)8-16-13/h6,8,11,15H,5,7,9H2,1-4H3. The van der Waals surface area contributed by atoms with E-state index in [0.29, 0.717) is 6.04 Å². The maximum Gasteiger partial charge on any atom is 0.147 e. The molecule has 3 nitrogen and oxygen atoms in total. The van der Waals surface area contributed by atoms with Crippen LogP contribution < -0.4 is 10.2 Å². The van der Waals surface area contributed by atoms with E-state index < -0.39 is 0 Å². The van der Waals surface area contributed by atoms with Gasteiger partial charge in [0.2, 0.25) is 0 Å². The summed E-state index contributed by atoms with van der Waals surface area (Å²) >= 11 is 8.17. The number of hydrogen-bond acceptors (Lipinski definition) is 4. The van der Waals surface area contributed by atoms with Crippen LogP contribution in [-0.4, -0.2) is 37.1 Å². The van der Waals surface area contributed by atoms with Gasteiger partial charge in [-0.3, -0.25) is 0 Å². The van der Waals surface area contributed by atoms with Crippen LogP contribution in [0.3, 0.4) is 0 Å². The molecule has 0 saturated carbocycles. The third kappa shape index (κ3) is 4.04. The minimum atomic E-state index is 0.472. The van der Waals surface area contributed by atoms with Gasteiger partial charge in [0, 0.05) is 31.6 Å². The van der Waals surface area contributed by atoms with Crippen LogP contribution in [0.15, 0.2) is 12.3 Å². The number of nitrogens with one attached hydrogen (secondary N) is 1. The van der Waals surface area contributed by atoms with Crippen molar-refractivity contribution < 1.29 is 0 Å². The Morgan fingerprint density at radius 1 is 1.56 bits per heavy atom. The van der Waals surface area contributed by atoms with Gasteiger partial charge >= 0.3 is 0 Å². The molecule has 0 radical (unpaired) electrons. The minimum Gasteiger partial charge on any atom is -0.355 e. The Hall–Kier alpha value is -0.450. The summed E-state index contributed by atoms with van der Waals surface area (Å²) in [5.41, 5.74) is 1.11. The Balaban J connectivity index is 2.87. The molecule has 102 valence electrons. The van der Waals surface area contributed by atoms with E-state index in [4.69, 9.17) is 11.6 Å². The number of anilines is 1. The van der Waals surface area contributed by atoms with Crippen LogP contribution in [0.1, 0.15) is 18.9 Å². The lowest BCUT2D eigenvalue weighted by molar-refractivity contribution is 0.665. The van der Waals surface area contributed by atoms with Crippen LogP contribution in [-0.2, 0) is 6.54 Å². The smallest absolute Gasteiger partial charge is 0.147 e. The number of halogens is 1. The van der Waals surface area contributed by atoms with Crippen LogP contribution in [0.2, 0.25) is 5.02 Å². The second kappa shape index (κ2) is 7.87. The number of pyridine rings is 1. The molecule has 0 bridgehead atoms. The fourth-order valence-corrected chi connectivity index (χ4v) is 3.07. The molecule has 0 spiro atoms. The summed E-state index contributed by atoms with van der Waals surface area (Å²) in [5, 5.41) is 3.83. The summed E-state index contributed by atoms with van der Waals surface area (Å²) in [6, 6.07) is 2.46. The normalized spacial score (nSPS) is 12.5. The van der Waals surface area contributed by atoms with Gasteiger partial charge < -0.3 is 10.2 Å². The molecule has 1 N–H and O–H groups in total. The molecule has 1 aromatic heterocycles. The Morgan fingerprint density at radius 3 is 2.78 bits per heavy atom. The van der Waals surface area contributed by atoms with Gasteiger partial charge in [-0.25, -0.2) is 4.98 Å². The molecule has 1 heterocycles. The molecule has 0 aliphatic heterocycles. The molecule has 0 saturated heterocycles. The van der Waals surface area contributed by atoms with Crippen molar-refractivity contribution in [1.82, 2.24) is 10.3 Å². The highest BCUT2D eigenvalue weighted by Gasteiger charge is 2.16. The van der Waals surface area contributed by atoms with E-state index >= 15 is 0 Å². The molecular formula is C13H22ClN3S. The van der Waals surface area contributed by atoms with Crippen molar-refractivity contribution in [3.8, 4) is 0 Å². The number of nitrogens with zero attached hydrogens (tertiary/aromatic N) is 2. The van der Waals surface area contributed by atoms with Gasteiger partial charge in [-0.1, -0.05) is 18.5 Å². The van der Waals surface area contributed by atoms with Crippen molar-refractivity contribution in [2.75, 3.05) is 31.0 Å². The summed E-state index contributed by atoms with van der Waals surface area (Å²) in [4.78, 5) is 6.68. The van der Waals surface area contributed by atoms with E-state index in [9.17, 15) is 0 Å². The van der Waals surface area contributed by atoms with Crippen LogP contribution in [0.4, 0.5) is 5.82 Å². The molecule has 1 aromatic rings. The first-order valence-corrected chi connectivity index (χ1v) is 7.92. The number of rotatable bonds is 7. The van der Waals surface area contributed by atoms with Crippen LogP contribution in [0, 0.1) is 0 Å². The van der Waals surface area contributed by atoms with Crippen LogP contribution >= 0.6 is 23.4 Å². The molecule has 0 aliphatic rings. The SMILES string of the molecule is CCC(CSC)N(C)c1ncc(CNC)cc1Cl. The Bertz CT molecular complexity index is 373. The maximum absolute atomic E-state index is 6.32. The van der Waals surface area contributed by atoms with Crippen molar-refractivity contribution in [3.05, 3.63) is 22.8 Å². The maximum atomic E-state index is 6.32. The Morgan fingerprint density at radius 2 is 2.28 bits per heavy atom. The summed E-state index contributed by atoms with van der Waals surface area (Å²) < 4.78 is 0. The second-order valence-corrected chi connectivity index (χ2v) is 5.63. The number of hydrogen-bond donors (Lipinski definition) is 1. The van der Waals surface area contributed by atoms with E-state index in [1.807, 2.05) is 31.1 Å². The fourth-order valence-electron chi connectivity index (χ4n) is 1.90. The lowest BCUT2D eigenvalue weighted by atomic mass is 10.2. The molecule has 0 aliphatic carbocycles. The van der Waals surface area contributed by atoms with Gasteiger partial charge in [-0.05, 0) is 31.4 Å². The van der Waals surface area contributed by atoms with E-state index in [1.54, 1.807) is 0 Å². The van der Waals surface area contributed by atoms with Gasteiger partial charge in [0.25, 0.3) is 0 Å². The Labute approximate surface area is 119 Å². The zero-order valence-corrected chi connectivity index (χ0v) is 13.1. The highest BCUT2D eigenvalue weighted by molar-refractivity contribution is 7.98. The van der Waals surface area contributed by atoms with E-state index in [1.165, 1.54) is 0 Å². The molecule has 0 fully saturated rings. The predicted molar refractivity (Wildman–Crippen MR) is 82.9 cm³/mol. The molecule has 1 unspecified atom stereocenters. The van der Waals surface area contributed by atoms with Gasteiger partial charge in [0.1, 0.15) is 5.82 Å². The topological polar surface area (TPSA) is 28.2 Å². The lowest BCUT2D eigenvalue weighted by Crippen LogP contribution is -2.34. The average Bonchev–Trinajstić information content (AvgIpc) is 2.36. The molecule has 1 atom stereocenters. The van der Waals surface area contributed by atoms with Gasteiger partial charge in [-0.15, -0.1) is 0 Å². The summed E-state index contributed by atoms with van der Waals surface area (Å²) in [6.07, 6.45) is 5.11. The fraction of sp³-hybridized carbons (Fsp3) is 0.615. The monoisotopic (exact) mass is 287 g/mol. The summed E-state index contributed by atoms with van der Waals surface area (Å²) in [5.74, 6) is 1.96. The summed E-state index contributed by atoms with van der Waals surface area (Å²) in [7, 11) is 3.98. The van der Waals surface area contributed by atoms with Crippen molar-refractivity contribution in [1.29, 1.82) is 0 Å². The van der Waals surface area contributed by atoms with Crippen molar-refractivity contribution in [2.24, 2.45) is 0 Å². The first-order valence-electron chi connectivity index (χ1n) is 6.14. The molecular weight excluding hydrogens is 266 g/mol. The third-order valence-electron chi connectivity index (χ3n) is 2.97. The highest BCUT2D eigenvalue weighted by atomic mass is 35.5.